The van der Waals surface area contributed by atoms with Gasteiger partial charge in [-0.2, -0.15) is 5.10 Å². The highest BCUT2D eigenvalue weighted by Gasteiger charge is 2.25. The number of amides is 1. The summed E-state index contributed by atoms with van der Waals surface area (Å²) in [5, 5.41) is 14.1. The van der Waals surface area contributed by atoms with Crippen LogP contribution in [0.1, 0.15) is 23.0 Å². The Kier molecular flexibility index (Phi) is 5.62. The second kappa shape index (κ2) is 7.90. The third-order valence-corrected chi connectivity index (χ3v) is 4.38. The molecule has 0 aromatic carbocycles. The molecule has 1 N–H and O–H groups in total. The van der Waals surface area contributed by atoms with E-state index in [1.165, 1.54) is 0 Å². The van der Waals surface area contributed by atoms with Crippen molar-refractivity contribution < 1.29 is 14.6 Å². The van der Waals surface area contributed by atoms with E-state index in [0.717, 1.165) is 18.8 Å². The molecule has 1 amide bonds. The minimum absolute atomic E-state index is 0.0392. The van der Waals surface area contributed by atoms with Crippen LogP contribution in [0.4, 0.5) is 0 Å². The van der Waals surface area contributed by atoms with Gasteiger partial charge in [-0.05, 0) is 19.9 Å². The molecule has 8 heteroatoms. The van der Waals surface area contributed by atoms with Gasteiger partial charge < -0.3 is 14.7 Å². The van der Waals surface area contributed by atoms with Crippen LogP contribution in [0.15, 0.2) is 18.5 Å². The van der Waals surface area contributed by atoms with E-state index in [1.54, 1.807) is 10.7 Å². The van der Waals surface area contributed by atoms with Crippen LogP contribution in [0.3, 0.4) is 0 Å². The van der Waals surface area contributed by atoms with Gasteiger partial charge >= 0.3 is 0 Å². The maximum atomic E-state index is 12.8. The van der Waals surface area contributed by atoms with Gasteiger partial charge in [0.2, 0.25) is 0 Å². The summed E-state index contributed by atoms with van der Waals surface area (Å²) in [4.78, 5) is 21.2. The predicted octanol–water partition coefficient (Wildman–Crippen LogP) is 0.193. The maximum Gasteiger partial charge on any atom is 0.259 e. The molecular formula is C17H25N5O3. The van der Waals surface area contributed by atoms with Crippen LogP contribution in [-0.4, -0.2) is 87.5 Å². The van der Waals surface area contributed by atoms with Gasteiger partial charge in [-0.1, -0.05) is 0 Å². The van der Waals surface area contributed by atoms with Crippen molar-refractivity contribution in [1.29, 1.82) is 0 Å². The average molecular weight is 347 g/mol. The molecule has 1 atom stereocenters. The normalized spacial score (nSPS) is 17.2. The summed E-state index contributed by atoms with van der Waals surface area (Å²) < 4.78 is 6.86. The summed E-state index contributed by atoms with van der Waals surface area (Å²) in [5.74, 6) is -0.0392. The van der Waals surface area contributed by atoms with Crippen molar-refractivity contribution in [2.24, 2.45) is 0 Å². The Morgan fingerprint density at radius 3 is 2.84 bits per heavy atom. The Hall–Kier alpha value is -2.03. The van der Waals surface area contributed by atoms with E-state index in [-0.39, 0.29) is 5.91 Å². The number of fused-ring (bicyclic) bond motifs is 1. The fraction of sp³-hybridized carbons (Fsp3) is 0.588. The van der Waals surface area contributed by atoms with Crippen LogP contribution in [0.5, 0.6) is 0 Å². The van der Waals surface area contributed by atoms with Crippen LogP contribution in [0.25, 0.3) is 5.65 Å². The SMILES string of the molecule is CCOCC(O)CN1CCN(C(=O)c2cnn3ccc(C)nc23)CC1. The number of hydrogen-bond donors (Lipinski definition) is 1. The molecule has 0 radical (unpaired) electrons. The van der Waals surface area contributed by atoms with Gasteiger partial charge in [0.1, 0.15) is 5.56 Å². The smallest absolute Gasteiger partial charge is 0.259 e. The second-order valence-electron chi connectivity index (χ2n) is 6.30. The fourth-order valence-electron chi connectivity index (χ4n) is 3.02. The van der Waals surface area contributed by atoms with E-state index in [1.807, 2.05) is 31.0 Å². The molecule has 3 heterocycles. The highest BCUT2D eigenvalue weighted by atomic mass is 16.5. The summed E-state index contributed by atoms with van der Waals surface area (Å²) in [6, 6.07) is 1.86. The number of aromatic nitrogens is 3. The monoisotopic (exact) mass is 347 g/mol. The number of carbonyl (C=O) groups excluding carboxylic acids is 1. The Morgan fingerprint density at radius 1 is 1.36 bits per heavy atom. The zero-order valence-corrected chi connectivity index (χ0v) is 14.8. The molecule has 0 aliphatic carbocycles. The standard InChI is InChI=1S/C17H25N5O3/c1-3-25-12-14(23)11-20-6-8-21(9-7-20)17(24)15-10-18-22-5-4-13(2)19-16(15)22/h4-5,10,14,23H,3,6-9,11-12H2,1-2H3. The van der Waals surface area contributed by atoms with E-state index in [9.17, 15) is 9.90 Å². The summed E-state index contributed by atoms with van der Waals surface area (Å²) >= 11 is 0. The van der Waals surface area contributed by atoms with Crippen LogP contribution in [-0.2, 0) is 4.74 Å². The Morgan fingerprint density at radius 2 is 2.12 bits per heavy atom. The number of aliphatic hydroxyl groups is 1. The number of aryl methyl sites for hydroxylation is 1. The highest BCUT2D eigenvalue weighted by molar-refractivity contribution is 5.99. The van der Waals surface area contributed by atoms with E-state index >= 15 is 0 Å². The van der Waals surface area contributed by atoms with E-state index in [4.69, 9.17) is 4.74 Å². The molecule has 1 unspecified atom stereocenters. The van der Waals surface area contributed by atoms with Crippen LogP contribution < -0.4 is 0 Å². The second-order valence-corrected chi connectivity index (χ2v) is 6.30. The molecule has 0 bridgehead atoms. The van der Waals surface area contributed by atoms with E-state index in [0.29, 0.717) is 44.1 Å². The molecule has 1 fully saturated rings. The number of piperazine rings is 1. The Balaban J connectivity index is 1.59. The van der Waals surface area contributed by atoms with Crippen LogP contribution >= 0.6 is 0 Å². The summed E-state index contributed by atoms with van der Waals surface area (Å²) in [5.41, 5.74) is 1.99. The highest BCUT2D eigenvalue weighted by Crippen LogP contribution is 2.14. The minimum atomic E-state index is -0.492. The summed E-state index contributed by atoms with van der Waals surface area (Å²) in [6.07, 6.45) is 2.91. The molecule has 1 aliphatic heterocycles. The number of aliphatic hydroxyl groups excluding tert-OH is 1. The van der Waals surface area contributed by atoms with Crippen molar-refractivity contribution >= 4 is 11.6 Å². The third-order valence-electron chi connectivity index (χ3n) is 4.38. The number of ether oxygens (including phenoxy) is 1. The first kappa shape index (κ1) is 17.8. The number of β-amino-alcohol motifs (C(OH)–C–C–N with tert-alkyl or cyclic N) is 1. The minimum Gasteiger partial charge on any atom is -0.389 e. The van der Waals surface area contributed by atoms with Gasteiger partial charge in [-0.25, -0.2) is 9.50 Å². The van der Waals surface area contributed by atoms with Gasteiger partial charge in [0.05, 0.1) is 18.9 Å². The Bertz CT molecular complexity index is 724. The lowest BCUT2D eigenvalue weighted by Gasteiger charge is -2.35. The summed E-state index contributed by atoms with van der Waals surface area (Å²) in [6.45, 7) is 8.06. The lowest BCUT2D eigenvalue weighted by molar-refractivity contribution is 0.0111. The molecule has 0 spiro atoms. The van der Waals surface area contributed by atoms with Gasteiger partial charge in [0.25, 0.3) is 5.91 Å². The summed E-state index contributed by atoms with van der Waals surface area (Å²) in [7, 11) is 0. The topological polar surface area (TPSA) is 83.2 Å². The van der Waals surface area contributed by atoms with E-state index < -0.39 is 6.10 Å². The van der Waals surface area contributed by atoms with Crippen molar-refractivity contribution in [2.45, 2.75) is 20.0 Å². The molecule has 0 saturated carbocycles. The molecule has 2 aromatic rings. The first-order chi connectivity index (χ1) is 12.1. The maximum absolute atomic E-state index is 12.8. The number of carbonyl (C=O) groups is 1. The van der Waals surface area contributed by atoms with Crippen molar-refractivity contribution in [3.8, 4) is 0 Å². The molecule has 1 saturated heterocycles. The van der Waals surface area contributed by atoms with E-state index in [2.05, 4.69) is 15.0 Å². The van der Waals surface area contributed by atoms with Crippen molar-refractivity contribution in [3.63, 3.8) is 0 Å². The van der Waals surface area contributed by atoms with Gasteiger partial charge in [-0.3, -0.25) is 9.69 Å². The first-order valence-electron chi connectivity index (χ1n) is 8.67. The van der Waals surface area contributed by atoms with Crippen LogP contribution in [0.2, 0.25) is 0 Å². The molecule has 3 rings (SSSR count). The molecule has 8 nitrogen and oxygen atoms in total. The number of nitrogens with zero attached hydrogens (tertiary/aromatic N) is 5. The molecule has 1 aliphatic rings. The molecule has 2 aromatic heterocycles. The zero-order valence-electron chi connectivity index (χ0n) is 14.8. The van der Waals surface area contributed by atoms with Gasteiger partial charge in [0, 0.05) is 51.2 Å². The molecule has 25 heavy (non-hydrogen) atoms. The average Bonchev–Trinajstić information content (AvgIpc) is 3.03. The lowest BCUT2D eigenvalue weighted by atomic mass is 10.2. The Labute approximate surface area is 147 Å². The van der Waals surface area contributed by atoms with Crippen molar-refractivity contribution in [3.05, 3.63) is 29.7 Å². The quantitative estimate of drug-likeness (QED) is 0.803. The van der Waals surface area contributed by atoms with Gasteiger partial charge in [0.15, 0.2) is 5.65 Å². The largest absolute Gasteiger partial charge is 0.389 e. The van der Waals surface area contributed by atoms with Crippen molar-refractivity contribution in [2.75, 3.05) is 45.9 Å². The molecular weight excluding hydrogens is 322 g/mol. The predicted molar refractivity (Wildman–Crippen MR) is 92.6 cm³/mol. The van der Waals surface area contributed by atoms with Gasteiger partial charge in [-0.15, -0.1) is 0 Å². The third kappa shape index (κ3) is 4.15. The zero-order chi connectivity index (χ0) is 17.8. The molecule has 136 valence electrons. The number of hydrogen-bond acceptors (Lipinski definition) is 6. The van der Waals surface area contributed by atoms with Crippen molar-refractivity contribution in [1.82, 2.24) is 24.4 Å². The van der Waals surface area contributed by atoms with Crippen LogP contribution in [0, 0.1) is 6.92 Å². The number of rotatable bonds is 6. The lowest BCUT2D eigenvalue weighted by Crippen LogP contribution is -2.50. The first-order valence-corrected chi connectivity index (χ1v) is 8.67. The fourth-order valence-corrected chi connectivity index (χ4v) is 3.02.